The molecular formula is C21H23ClF2N2O4S. The van der Waals surface area contributed by atoms with Crippen LogP contribution in [-0.2, 0) is 14.8 Å². The second-order valence-corrected chi connectivity index (χ2v) is 10.1. The van der Waals surface area contributed by atoms with Gasteiger partial charge in [0.25, 0.3) is 0 Å². The van der Waals surface area contributed by atoms with Gasteiger partial charge < -0.3 is 10.5 Å². The number of hydrogen-bond acceptors (Lipinski definition) is 4. The lowest BCUT2D eigenvalue weighted by Gasteiger charge is -2.40. The topological polar surface area (TPSA) is 89.7 Å². The first-order valence-electron chi connectivity index (χ1n) is 9.65. The van der Waals surface area contributed by atoms with Crippen molar-refractivity contribution in [2.45, 2.75) is 31.1 Å². The molecule has 1 aliphatic rings. The van der Waals surface area contributed by atoms with Crippen molar-refractivity contribution in [2.24, 2.45) is 11.1 Å². The number of carbonyl (C=O) groups is 1. The average Bonchev–Trinajstić information content (AvgIpc) is 2.68. The highest BCUT2D eigenvalue weighted by Crippen LogP contribution is 2.38. The summed E-state index contributed by atoms with van der Waals surface area (Å²) >= 11 is 6.03. The van der Waals surface area contributed by atoms with Crippen molar-refractivity contribution >= 4 is 27.5 Å². The van der Waals surface area contributed by atoms with Gasteiger partial charge in [0.1, 0.15) is 22.3 Å². The van der Waals surface area contributed by atoms with Crippen LogP contribution in [0.25, 0.3) is 0 Å². The van der Waals surface area contributed by atoms with E-state index in [1.54, 1.807) is 18.2 Å². The summed E-state index contributed by atoms with van der Waals surface area (Å²) in [6.45, 7) is 2.10. The lowest BCUT2D eigenvalue weighted by molar-refractivity contribution is -0.121. The maximum atomic E-state index is 14.1. The molecule has 0 bridgehead atoms. The molecule has 2 N–H and O–H groups in total. The molecule has 31 heavy (non-hydrogen) atoms. The summed E-state index contributed by atoms with van der Waals surface area (Å²) in [6.07, 6.45) is 0.619. The van der Waals surface area contributed by atoms with Gasteiger partial charge in [-0.1, -0.05) is 11.6 Å². The van der Waals surface area contributed by atoms with Gasteiger partial charge in [0.2, 0.25) is 15.9 Å². The summed E-state index contributed by atoms with van der Waals surface area (Å²) < 4.78 is 59.9. The first-order chi connectivity index (χ1) is 14.5. The molecule has 0 radical (unpaired) electrons. The van der Waals surface area contributed by atoms with Crippen molar-refractivity contribution in [1.29, 1.82) is 0 Å². The van der Waals surface area contributed by atoms with E-state index in [4.69, 9.17) is 22.1 Å². The number of nitrogens with zero attached hydrogens (tertiary/aromatic N) is 1. The van der Waals surface area contributed by atoms with Crippen LogP contribution >= 0.6 is 11.6 Å². The Morgan fingerprint density at radius 1 is 1.19 bits per heavy atom. The van der Waals surface area contributed by atoms with Gasteiger partial charge in [-0.3, -0.25) is 4.79 Å². The molecule has 0 aromatic heterocycles. The lowest BCUT2D eigenvalue weighted by atomic mass is 9.76. The zero-order chi connectivity index (χ0) is 22.8. The highest BCUT2D eigenvalue weighted by molar-refractivity contribution is 7.89. The van der Waals surface area contributed by atoms with E-state index in [2.05, 4.69) is 0 Å². The van der Waals surface area contributed by atoms with Crippen LogP contribution in [0.15, 0.2) is 41.3 Å². The van der Waals surface area contributed by atoms with E-state index in [1.807, 2.05) is 6.92 Å². The standard InChI is InChI=1S/C21H23ClF2N2O4S/c1-14-10-16(3-4-17(14)22)30-13-21(12-20(25)27)6-8-26(9-7-21)31(28,29)19-5-2-15(23)11-18(19)24/h2-5,10-11H,6-9,12-13H2,1H3,(H2,25,27). The number of nitrogens with two attached hydrogens (primary N) is 1. The monoisotopic (exact) mass is 472 g/mol. The quantitative estimate of drug-likeness (QED) is 0.666. The zero-order valence-electron chi connectivity index (χ0n) is 16.9. The highest BCUT2D eigenvalue weighted by Gasteiger charge is 2.41. The molecule has 10 heteroatoms. The number of hydrogen-bond donors (Lipinski definition) is 1. The number of rotatable bonds is 7. The average molecular weight is 473 g/mol. The van der Waals surface area contributed by atoms with Crippen LogP contribution in [0, 0.1) is 24.0 Å². The number of amides is 1. The molecule has 1 saturated heterocycles. The second kappa shape index (κ2) is 9.10. The van der Waals surface area contributed by atoms with E-state index in [9.17, 15) is 22.0 Å². The largest absolute Gasteiger partial charge is 0.493 e. The van der Waals surface area contributed by atoms with Crippen LogP contribution in [0.2, 0.25) is 5.02 Å². The molecule has 0 spiro atoms. The summed E-state index contributed by atoms with van der Waals surface area (Å²) in [5.74, 6) is -1.94. The van der Waals surface area contributed by atoms with E-state index in [1.165, 1.54) is 0 Å². The molecule has 1 amide bonds. The Labute approximate surface area is 185 Å². The van der Waals surface area contributed by atoms with Crippen LogP contribution in [0.3, 0.4) is 0 Å². The Balaban J connectivity index is 1.75. The van der Waals surface area contributed by atoms with Gasteiger partial charge in [-0.15, -0.1) is 0 Å². The Kier molecular flexibility index (Phi) is 6.88. The van der Waals surface area contributed by atoms with Gasteiger partial charge in [-0.25, -0.2) is 17.2 Å². The van der Waals surface area contributed by atoms with Crippen LogP contribution in [0.5, 0.6) is 5.75 Å². The highest BCUT2D eigenvalue weighted by atomic mass is 35.5. The lowest BCUT2D eigenvalue weighted by Crippen LogP contribution is -2.47. The van der Waals surface area contributed by atoms with E-state index in [0.717, 1.165) is 22.0 Å². The molecule has 0 atom stereocenters. The molecule has 1 aliphatic heterocycles. The van der Waals surface area contributed by atoms with Gasteiger partial charge in [0.15, 0.2) is 0 Å². The minimum absolute atomic E-state index is 0.0262. The Morgan fingerprint density at radius 3 is 2.45 bits per heavy atom. The molecule has 1 heterocycles. The SMILES string of the molecule is Cc1cc(OCC2(CC(N)=O)CCN(S(=O)(=O)c3ccc(F)cc3F)CC2)ccc1Cl. The number of benzene rings is 2. The number of aryl methyl sites for hydroxylation is 1. The molecule has 1 fully saturated rings. The van der Waals surface area contributed by atoms with Crippen LogP contribution < -0.4 is 10.5 Å². The molecule has 0 saturated carbocycles. The fraction of sp³-hybridized carbons (Fsp3) is 0.381. The maximum absolute atomic E-state index is 14.1. The smallest absolute Gasteiger partial charge is 0.245 e. The van der Waals surface area contributed by atoms with Crippen molar-refractivity contribution < 1.29 is 26.7 Å². The minimum atomic E-state index is -4.15. The van der Waals surface area contributed by atoms with Crippen molar-refractivity contribution in [1.82, 2.24) is 4.31 Å². The number of ether oxygens (including phenoxy) is 1. The Hall–Kier alpha value is -2.23. The maximum Gasteiger partial charge on any atom is 0.245 e. The van der Waals surface area contributed by atoms with Gasteiger partial charge in [-0.2, -0.15) is 4.31 Å². The third-order valence-electron chi connectivity index (χ3n) is 5.52. The first kappa shape index (κ1) is 23.4. The number of piperidine rings is 1. The van der Waals surface area contributed by atoms with E-state index in [0.29, 0.717) is 29.7 Å². The Bertz CT molecular complexity index is 1090. The number of carbonyl (C=O) groups excluding carboxylic acids is 1. The molecule has 3 rings (SSSR count). The third-order valence-corrected chi connectivity index (χ3v) is 7.87. The van der Waals surface area contributed by atoms with Crippen molar-refractivity contribution in [2.75, 3.05) is 19.7 Å². The van der Waals surface area contributed by atoms with Gasteiger partial charge in [0.05, 0.1) is 6.61 Å². The molecule has 0 unspecified atom stereocenters. The van der Waals surface area contributed by atoms with E-state index >= 15 is 0 Å². The van der Waals surface area contributed by atoms with Gasteiger partial charge in [0, 0.05) is 36.0 Å². The Morgan fingerprint density at radius 2 is 1.87 bits per heavy atom. The van der Waals surface area contributed by atoms with Gasteiger partial charge >= 0.3 is 0 Å². The molecule has 168 valence electrons. The summed E-state index contributed by atoms with van der Waals surface area (Å²) in [7, 11) is -4.15. The summed E-state index contributed by atoms with van der Waals surface area (Å²) in [4.78, 5) is 11.1. The normalized spacial score (nSPS) is 16.8. The molecular weight excluding hydrogens is 450 g/mol. The predicted molar refractivity (Wildman–Crippen MR) is 112 cm³/mol. The predicted octanol–water partition coefficient (Wildman–Crippen LogP) is 3.65. The van der Waals surface area contributed by atoms with Crippen LogP contribution in [-0.4, -0.2) is 38.3 Å². The zero-order valence-corrected chi connectivity index (χ0v) is 18.5. The summed E-state index contributed by atoms with van der Waals surface area (Å²) in [6, 6.07) is 7.55. The fourth-order valence-electron chi connectivity index (χ4n) is 3.71. The number of halogens is 3. The third kappa shape index (κ3) is 5.34. The van der Waals surface area contributed by atoms with E-state index in [-0.39, 0.29) is 26.1 Å². The summed E-state index contributed by atoms with van der Waals surface area (Å²) in [5, 5.41) is 0.603. The van der Waals surface area contributed by atoms with Gasteiger partial charge in [-0.05, 0) is 55.7 Å². The first-order valence-corrected chi connectivity index (χ1v) is 11.5. The van der Waals surface area contributed by atoms with E-state index < -0.39 is 37.9 Å². The van der Waals surface area contributed by atoms with Crippen molar-refractivity contribution in [3.8, 4) is 5.75 Å². The van der Waals surface area contributed by atoms with Crippen LogP contribution in [0.1, 0.15) is 24.8 Å². The molecule has 6 nitrogen and oxygen atoms in total. The second-order valence-electron chi connectivity index (χ2n) is 7.82. The molecule has 2 aromatic rings. The molecule has 0 aliphatic carbocycles. The minimum Gasteiger partial charge on any atom is -0.493 e. The number of sulfonamides is 1. The van der Waals surface area contributed by atoms with Crippen molar-refractivity contribution in [3.05, 3.63) is 58.6 Å². The number of primary amides is 1. The molecule has 2 aromatic carbocycles. The summed E-state index contributed by atoms with van der Waals surface area (Å²) in [5.41, 5.74) is 5.62. The van der Waals surface area contributed by atoms with Crippen LogP contribution in [0.4, 0.5) is 8.78 Å². The fourth-order valence-corrected chi connectivity index (χ4v) is 5.31. The van der Waals surface area contributed by atoms with Crippen molar-refractivity contribution in [3.63, 3.8) is 0 Å².